The van der Waals surface area contributed by atoms with Crippen LogP contribution < -0.4 is 11.1 Å². The largest absolute Gasteiger partial charge is 0.394 e. The van der Waals surface area contributed by atoms with Crippen LogP contribution in [-0.4, -0.2) is 27.0 Å². The van der Waals surface area contributed by atoms with E-state index in [-0.39, 0.29) is 0 Å². The minimum Gasteiger partial charge on any atom is -0.394 e. The normalized spacial score (nSPS) is 15.0. The summed E-state index contributed by atoms with van der Waals surface area (Å²) >= 11 is 0. The fraction of sp³-hybridized carbons (Fsp3) is 0.750. The van der Waals surface area contributed by atoms with Crippen LogP contribution in [-0.2, 0) is 7.05 Å². The molecule has 17 heavy (non-hydrogen) atoms. The van der Waals surface area contributed by atoms with Gasteiger partial charge in [-0.3, -0.25) is 4.68 Å². The Morgan fingerprint density at radius 1 is 1.53 bits per heavy atom. The molecule has 0 saturated heterocycles. The molecule has 1 atom stereocenters. The van der Waals surface area contributed by atoms with Crippen molar-refractivity contribution in [2.45, 2.75) is 39.7 Å². The second kappa shape index (κ2) is 4.96. The number of aromatic nitrogens is 2. The van der Waals surface area contributed by atoms with E-state index in [1.807, 2.05) is 20.9 Å². The smallest absolute Gasteiger partial charge is 0.147 e. The van der Waals surface area contributed by atoms with Gasteiger partial charge in [0.1, 0.15) is 5.82 Å². The van der Waals surface area contributed by atoms with Crippen LogP contribution in [0.2, 0.25) is 0 Å². The first kappa shape index (κ1) is 13.8. The van der Waals surface area contributed by atoms with E-state index in [0.717, 1.165) is 17.9 Å². The van der Waals surface area contributed by atoms with Crippen molar-refractivity contribution in [3.63, 3.8) is 0 Å². The van der Waals surface area contributed by atoms with E-state index >= 15 is 0 Å². The third-order valence-corrected chi connectivity index (χ3v) is 2.75. The van der Waals surface area contributed by atoms with Crippen LogP contribution in [0, 0.1) is 12.8 Å². The number of anilines is 2. The molecule has 0 radical (unpaired) electrons. The predicted molar refractivity (Wildman–Crippen MR) is 70.9 cm³/mol. The molecular weight excluding hydrogens is 216 g/mol. The van der Waals surface area contributed by atoms with Gasteiger partial charge in [-0.05, 0) is 26.2 Å². The Balaban J connectivity index is 2.67. The third kappa shape index (κ3) is 3.63. The highest BCUT2D eigenvalue weighted by Gasteiger charge is 2.22. The minimum absolute atomic E-state index is 0.456. The molecule has 1 aromatic heterocycles. The fourth-order valence-electron chi connectivity index (χ4n) is 2.11. The van der Waals surface area contributed by atoms with E-state index in [4.69, 9.17) is 5.73 Å². The summed E-state index contributed by atoms with van der Waals surface area (Å²) in [5.74, 6) is 1.23. The number of aliphatic hydroxyl groups is 1. The van der Waals surface area contributed by atoms with E-state index < -0.39 is 5.60 Å². The standard InChI is InChI=1S/C12H24N4O/c1-8(2)6-12(4,17)7-14-11-10(13)9(3)15-16(11)5/h8,14,17H,6-7,13H2,1-5H3. The molecular formula is C12H24N4O. The quantitative estimate of drug-likeness (QED) is 0.729. The number of hydrogen-bond donors (Lipinski definition) is 3. The summed E-state index contributed by atoms with van der Waals surface area (Å²) in [6.07, 6.45) is 0.747. The van der Waals surface area contributed by atoms with Gasteiger partial charge in [0.15, 0.2) is 0 Å². The lowest BCUT2D eigenvalue weighted by Crippen LogP contribution is -2.35. The van der Waals surface area contributed by atoms with Gasteiger partial charge in [-0.15, -0.1) is 0 Å². The SMILES string of the molecule is Cc1nn(C)c(NCC(C)(O)CC(C)C)c1N. The van der Waals surface area contributed by atoms with Crippen molar-refractivity contribution < 1.29 is 5.11 Å². The second-order valence-electron chi connectivity index (χ2n) is 5.42. The summed E-state index contributed by atoms with van der Waals surface area (Å²) in [7, 11) is 1.84. The summed E-state index contributed by atoms with van der Waals surface area (Å²) in [6, 6.07) is 0. The van der Waals surface area contributed by atoms with Gasteiger partial charge < -0.3 is 16.2 Å². The van der Waals surface area contributed by atoms with Crippen molar-refractivity contribution in [2.24, 2.45) is 13.0 Å². The molecule has 0 aliphatic rings. The van der Waals surface area contributed by atoms with E-state index in [0.29, 0.717) is 18.2 Å². The van der Waals surface area contributed by atoms with E-state index in [1.54, 1.807) is 4.68 Å². The Morgan fingerprint density at radius 2 is 2.12 bits per heavy atom. The zero-order chi connectivity index (χ0) is 13.2. The molecule has 1 rings (SSSR count). The van der Waals surface area contributed by atoms with Crippen LogP contribution in [0.25, 0.3) is 0 Å². The second-order valence-corrected chi connectivity index (χ2v) is 5.42. The first-order valence-electron chi connectivity index (χ1n) is 5.98. The first-order valence-corrected chi connectivity index (χ1v) is 5.98. The molecule has 0 aliphatic heterocycles. The van der Waals surface area contributed by atoms with Gasteiger partial charge in [-0.2, -0.15) is 5.10 Å². The van der Waals surface area contributed by atoms with Crippen LogP contribution in [0.3, 0.4) is 0 Å². The highest BCUT2D eigenvalue weighted by atomic mass is 16.3. The molecule has 5 nitrogen and oxygen atoms in total. The highest BCUT2D eigenvalue weighted by Crippen LogP contribution is 2.23. The maximum absolute atomic E-state index is 10.2. The summed E-state index contributed by atoms with van der Waals surface area (Å²) in [5, 5.41) is 17.6. The van der Waals surface area contributed by atoms with Gasteiger partial charge in [0.05, 0.1) is 17.0 Å². The van der Waals surface area contributed by atoms with E-state index in [1.165, 1.54) is 0 Å². The Labute approximate surface area is 103 Å². The molecule has 1 heterocycles. The van der Waals surface area contributed by atoms with Crippen LogP contribution in [0.1, 0.15) is 32.9 Å². The lowest BCUT2D eigenvalue weighted by molar-refractivity contribution is 0.0514. The molecule has 5 heteroatoms. The van der Waals surface area contributed by atoms with Gasteiger partial charge in [0.2, 0.25) is 0 Å². The lowest BCUT2D eigenvalue weighted by atomic mass is 9.94. The zero-order valence-corrected chi connectivity index (χ0v) is 11.4. The lowest BCUT2D eigenvalue weighted by Gasteiger charge is -2.26. The van der Waals surface area contributed by atoms with Crippen LogP contribution in [0.5, 0.6) is 0 Å². The van der Waals surface area contributed by atoms with Crippen LogP contribution in [0.4, 0.5) is 11.5 Å². The van der Waals surface area contributed by atoms with Gasteiger partial charge >= 0.3 is 0 Å². The molecule has 1 aromatic rings. The average Bonchev–Trinajstić information content (AvgIpc) is 2.37. The number of rotatable bonds is 5. The van der Waals surface area contributed by atoms with Crippen LogP contribution >= 0.6 is 0 Å². The highest BCUT2D eigenvalue weighted by molar-refractivity contribution is 5.64. The maximum atomic E-state index is 10.2. The Hall–Kier alpha value is -1.23. The predicted octanol–water partition coefficient (Wildman–Crippen LogP) is 1.52. The average molecular weight is 240 g/mol. The van der Waals surface area contributed by atoms with Gasteiger partial charge in [-0.25, -0.2) is 0 Å². The molecule has 0 fully saturated rings. The van der Waals surface area contributed by atoms with E-state index in [2.05, 4.69) is 24.3 Å². The van der Waals surface area contributed by atoms with Gasteiger partial charge in [0.25, 0.3) is 0 Å². The molecule has 0 spiro atoms. The third-order valence-electron chi connectivity index (χ3n) is 2.75. The van der Waals surface area contributed by atoms with Crippen molar-refractivity contribution in [1.29, 1.82) is 0 Å². The van der Waals surface area contributed by atoms with Crippen molar-refractivity contribution in [3.8, 4) is 0 Å². The summed E-state index contributed by atoms with van der Waals surface area (Å²) in [4.78, 5) is 0. The molecule has 0 aliphatic carbocycles. The summed E-state index contributed by atoms with van der Waals surface area (Å²) in [5.41, 5.74) is 6.62. The summed E-state index contributed by atoms with van der Waals surface area (Å²) in [6.45, 7) is 8.36. The molecule has 4 N–H and O–H groups in total. The molecule has 0 aromatic carbocycles. The van der Waals surface area contributed by atoms with Crippen molar-refractivity contribution in [2.75, 3.05) is 17.6 Å². The fourth-order valence-corrected chi connectivity index (χ4v) is 2.11. The zero-order valence-electron chi connectivity index (χ0n) is 11.4. The number of nitrogens with one attached hydrogen (secondary N) is 1. The maximum Gasteiger partial charge on any atom is 0.147 e. The molecule has 0 saturated carbocycles. The number of hydrogen-bond acceptors (Lipinski definition) is 4. The number of nitrogen functional groups attached to an aromatic ring is 1. The first-order chi connectivity index (χ1) is 7.73. The molecule has 98 valence electrons. The number of nitrogens with zero attached hydrogens (tertiary/aromatic N) is 2. The molecule has 0 bridgehead atoms. The van der Waals surface area contributed by atoms with Crippen LogP contribution in [0.15, 0.2) is 0 Å². The molecule has 0 amide bonds. The Bertz CT molecular complexity index is 382. The number of aryl methyl sites for hydroxylation is 2. The Kier molecular flexibility index (Phi) is 4.03. The summed E-state index contributed by atoms with van der Waals surface area (Å²) < 4.78 is 1.70. The van der Waals surface area contributed by atoms with Crippen molar-refractivity contribution in [1.82, 2.24) is 9.78 Å². The molecule has 1 unspecified atom stereocenters. The monoisotopic (exact) mass is 240 g/mol. The topological polar surface area (TPSA) is 76.1 Å². The minimum atomic E-state index is -0.737. The van der Waals surface area contributed by atoms with E-state index in [9.17, 15) is 5.11 Å². The van der Waals surface area contributed by atoms with Gasteiger partial charge in [0, 0.05) is 13.6 Å². The number of nitrogens with two attached hydrogens (primary N) is 1. The van der Waals surface area contributed by atoms with Gasteiger partial charge in [-0.1, -0.05) is 13.8 Å². The Morgan fingerprint density at radius 3 is 2.53 bits per heavy atom. The van der Waals surface area contributed by atoms with Crippen molar-refractivity contribution in [3.05, 3.63) is 5.69 Å². The van der Waals surface area contributed by atoms with Crippen molar-refractivity contribution >= 4 is 11.5 Å².